The molecule has 1 aromatic heterocycles. The molecule has 2 fully saturated rings. The number of aromatic nitrogens is 2. The van der Waals surface area contributed by atoms with E-state index in [0.717, 1.165) is 17.1 Å². The van der Waals surface area contributed by atoms with Crippen LogP contribution in [0.3, 0.4) is 0 Å². The van der Waals surface area contributed by atoms with Crippen LogP contribution in [0.2, 0.25) is 0 Å². The number of anilines is 1. The first kappa shape index (κ1) is 13.2. The SMILES string of the molecule is CC1CCCCCC1n1c(C2CC2)nc2cc(N)ccc21. The van der Waals surface area contributed by atoms with Crippen LogP contribution in [0, 0.1) is 5.92 Å². The molecule has 2 aromatic rings. The number of hydrogen-bond donors (Lipinski definition) is 1. The van der Waals surface area contributed by atoms with Gasteiger partial charge in [-0.3, -0.25) is 0 Å². The Hall–Kier alpha value is -1.51. The molecule has 2 atom stereocenters. The number of nitrogen functional groups attached to an aromatic ring is 1. The third-order valence-electron chi connectivity index (χ3n) is 5.33. The molecule has 0 saturated heterocycles. The predicted octanol–water partition coefficient (Wildman–Crippen LogP) is 4.64. The quantitative estimate of drug-likeness (QED) is 0.644. The second kappa shape index (κ2) is 5.04. The molecule has 2 aliphatic carbocycles. The van der Waals surface area contributed by atoms with Gasteiger partial charge in [0.15, 0.2) is 0 Å². The Morgan fingerprint density at radius 1 is 1.10 bits per heavy atom. The summed E-state index contributed by atoms with van der Waals surface area (Å²) in [5.41, 5.74) is 9.17. The van der Waals surface area contributed by atoms with Crippen LogP contribution in [-0.4, -0.2) is 9.55 Å². The Morgan fingerprint density at radius 3 is 2.71 bits per heavy atom. The van der Waals surface area contributed by atoms with Crippen LogP contribution in [0.1, 0.15) is 69.7 Å². The first-order valence-corrected chi connectivity index (χ1v) is 8.51. The third kappa shape index (κ3) is 2.33. The van der Waals surface area contributed by atoms with Crippen LogP contribution < -0.4 is 5.73 Å². The van der Waals surface area contributed by atoms with Crippen molar-refractivity contribution >= 4 is 16.7 Å². The topological polar surface area (TPSA) is 43.8 Å². The van der Waals surface area contributed by atoms with E-state index in [1.54, 1.807) is 0 Å². The van der Waals surface area contributed by atoms with Crippen LogP contribution in [-0.2, 0) is 0 Å². The molecule has 0 spiro atoms. The maximum absolute atomic E-state index is 5.96. The third-order valence-corrected chi connectivity index (χ3v) is 5.33. The number of nitrogens with zero attached hydrogens (tertiary/aromatic N) is 2. The summed E-state index contributed by atoms with van der Waals surface area (Å²) in [5, 5.41) is 0. The average molecular weight is 283 g/mol. The van der Waals surface area contributed by atoms with Crippen molar-refractivity contribution in [2.45, 2.75) is 63.8 Å². The monoisotopic (exact) mass is 283 g/mol. The first-order valence-electron chi connectivity index (χ1n) is 8.51. The van der Waals surface area contributed by atoms with Crippen LogP contribution in [0.15, 0.2) is 18.2 Å². The highest BCUT2D eigenvalue weighted by molar-refractivity contribution is 5.80. The first-order chi connectivity index (χ1) is 10.2. The number of benzene rings is 1. The van der Waals surface area contributed by atoms with E-state index in [9.17, 15) is 0 Å². The minimum Gasteiger partial charge on any atom is -0.399 e. The van der Waals surface area contributed by atoms with Crippen molar-refractivity contribution in [2.75, 3.05) is 5.73 Å². The minimum atomic E-state index is 0.622. The maximum atomic E-state index is 5.96. The van der Waals surface area contributed by atoms with Gasteiger partial charge in [-0.1, -0.05) is 26.2 Å². The summed E-state index contributed by atoms with van der Waals surface area (Å²) in [7, 11) is 0. The van der Waals surface area contributed by atoms with E-state index in [1.165, 1.54) is 56.3 Å². The van der Waals surface area contributed by atoms with Gasteiger partial charge in [-0.15, -0.1) is 0 Å². The van der Waals surface area contributed by atoms with Crippen LogP contribution in [0.25, 0.3) is 11.0 Å². The molecule has 4 rings (SSSR count). The Labute approximate surface area is 126 Å². The number of rotatable bonds is 2. The second-order valence-corrected chi connectivity index (χ2v) is 7.05. The normalized spacial score (nSPS) is 26.9. The second-order valence-electron chi connectivity index (χ2n) is 7.05. The summed E-state index contributed by atoms with van der Waals surface area (Å²) in [4.78, 5) is 4.96. The molecule has 2 saturated carbocycles. The predicted molar refractivity (Wildman–Crippen MR) is 87.4 cm³/mol. The van der Waals surface area contributed by atoms with E-state index in [0.29, 0.717) is 12.0 Å². The number of hydrogen-bond acceptors (Lipinski definition) is 2. The molecule has 3 heteroatoms. The summed E-state index contributed by atoms with van der Waals surface area (Å²) >= 11 is 0. The zero-order valence-corrected chi connectivity index (χ0v) is 12.9. The highest BCUT2D eigenvalue weighted by Crippen LogP contribution is 2.44. The van der Waals surface area contributed by atoms with Crippen molar-refractivity contribution in [3.05, 3.63) is 24.0 Å². The molecule has 2 N–H and O–H groups in total. The molecule has 0 radical (unpaired) electrons. The van der Waals surface area contributed by atoms with Gasteiger partial charge in [0.25, 0.3) is 0 Å². The molecule has 0 bridgehead atoms. The van der Waals surface area contributed by atoms with E-state index in [-0.39, 0.29) is 0 Å². The van der Waals surface area contributed by atoms with Gasteiger partial charge in [-0.25, -0.2) is 4.98 Å². The molecule has 0 aliphatic heterocycles. The molecule has 0 amide bonds. The molecular weight excluding hydrogens is 258 g/mol. The van der Waals surface area contributed by atoms with Gasteiger partial charge in [0, 0.05) is 17.6 Å². The van der Waals surface area contributed by atoms with E-state index in [1.807, 2.05) is 12.1 Å². The highest BCUT2D eigenvalue weighted by atomic mass is 15.1. The van der Waals surface area contributed by atoms with Crippen molar-refractivity contribution in [3.63, 3.8) is 0 Å². The molecule has 21 heavy (non-hydrogen) atoms. The lowest BCUT2D eigenvalue weighted by Gasteiger charge is -2.26. The van der Waals surface area contributed by atoms with E-state index in [4.69, 9.17) is 10.7 Å². The summed E-state index contributed by atoms with van der Waals surface area (Å²) in [6, 6.07) is 6.87. The molecule has 2 unspecified atom stereocenters. The molecule has 2 aliphatic rings. The lowest BCUT2D eigenvalue weighted by molar-refractivity contribution is 0.333. The van der Waals surface area contributed by atoms with E-state index >= 15 is 0 Å². The Balaban J connectivity index is 1.86. The molecule has 1 heterocycles. The fourth-order valence-corrected chi connectivity index (χ4v) is 3.97. The van der Waals surface area contributed by atoms with E-state index < -0.39 is 0 Å². The summed E-state index contributed by atoms with van der Waals surface area (Å²) in [6.07, 6.45) is 9.39. The van der Waals surface area contributed by atoms with Gasteiger partial charge in [0.05, 0.1) is 11.0 Å². The maximum Gasteiger partial charge on any atom is 0.113 e. The number of nitrogens with two attached hydrogens (primary N) is 1. The van der Waals surface area contributed by atoms with Crippen molar-refractivity contribution in [1.29, 1.82) is 0 Å². The zero-order chi connectivity index (χ0) is 14.4. The van der Waals surface area contributed by atoms with Crippen LogP contribution >= 0.6 is 0 Å². The Bertz CT molecular complexity index is 654. The van der Waals surface area contributed by atoms with E-state index in [2.05, 4.69) is 17.6 Å². The van der Waals surface area contributed by atoms with Crippen LogP contribution in [0.5, 0.6) is 0 Å². The lowest BCUT2D eigenvalue weighted by Crippen LogP contribution is -2.18. The highest BCUT2D eigenvalue weighted by Gasteiger charge is 2.33. The largest absolute Gasteiger partial charge is 0.399 e. The standard InChI is InChI=1S/C18H25N3/c1-12-5-3-2-4-6-16(12)21-17-10-9-14(19)11-15(17)20-18(21)13-7-8-13/h9-13,16H,2-8,19H2,1H3. The van der Waals surface area contributed by atoms with Gasteiger partial charge in [0.2, 0.25) is 0 Å². The zero-order valence-electron chi connectivity index (χ0n) is 12.9. The van der Waals surface area contributed by atoms with Gasteiger partial charge in [-0.05, 0) is 49.8 Å². The summed E-state index contributed by atoms with van der Waals surface area (Å²) < 4.78 is 2.59. The Kier molecular flexibility index (Phi) is 3.16. The van der Waals surface area contributed by atoms with Crippen molar-refractivity contribution in [2.24, 2.45) is 5.92 Å². The number of imidazole rings is 1. The summed E-state index contributed by atoms with van der Waals surface area (Å²) in [6.45, 7) is 2.43. The average Bonchev–Trinajstić information content (AvgIpc) is 3.26. The fourth-order valence-electron chi connectivity index (χ4n) is 3.97. The molecule has 112 valence electrons. The van der Waals surface area contributed by atoms with Gasteiger partial charge in [0.1, 0.15) is 5.82 Å². The molecule has 3 nitrogen and oxygen atoms in total. The Morgan fingerprint density at radius 2 is 1.90 bits per heavy atom. The number of fused-ring (bicyclic) bond motifs is 1. The fraction of sp³-hybridized carbons (Fsp3) is 0.611. The lowest BCUT2D eigenvalue weighted by atomic mass is 9.96. The molecule has 1 aromatic carbocycles. The van der Waals surface area contributed by atoms with Crippen molar-refractivity contribution in [1.82, 2.24) is 9.55 Å². The van der Waals surface area contributed by atoms with Gasteiger partial charge >= 0.3 is 0 Å². The minimum absolute atomic E-state index is 0.622. The molecular formula is C18H25N3. The van der Waals surface area contributed by atoms with Crippen LogP contribution in [0.4, 0.5) is 5.69 Å². The van der Waals surface area contributed by atoms with Crippen molar-refractivity contribution in [3.8, 4) is 0 Å². The smallest absolute Gasteiger partial charge is 0.113 e. The van der Waals surface area contributed by atoms with Gasteiger partial charge < -0.3 is 10.3 Å². The summed E-state index contributed by atoms with van der Waals surface area (Å²) in [5.74, 6) is 2.77. The van der Waals surface area contributed by atoms with Crippen molar-refractivity contribution < 1.29 is 0 Å². The van der Waals surface area contributed by atoms with Gasteiger partial charge in [-0.2, -0.15) is 0 Å².